The van der Waals surface area contributed by atoms with Crippen LogP contribution in [-0.4, -0.2) is 12.6 Å². The molecule has 3 rings (SSSR count). The van der Waals surface area contributed by atoms with Gasteiger partial charge < -0.3 is 4.74 Å². The summed E-state index contributed by atoms with van der Waals surface area (Å²) in [5.41, 5.74) is 2.52. The van der Waals surface area contributed by atoms with Crippen LogP contribution in [0.3, 0.4) is 0 Å². The Morgan fingerprint density at radius 1 is 1.29 bits per heavy atom. The number of esters is 1. The summed E-state index contributed by atoms with van der Waals surface area (Å²) in [7, 11) is 0. The third-order valence-corrected chi connectivity index (χ3v) is 3.56. The topological polar surface area (TPSA) is 26.3 Å². The highest BCUT2D eigenvalue weighted by atomic mass is 16.5. The predicted octanol–water partition coefficient (Wildman–Crippen LogP) is 2.06. The van der Waals surface area contributed by atoms with Gasteiger partial charge in [-0.2, -0.15) is 0 Å². The van der Waals surface area contributed by atoms with Gasteiger partial charge in [0.05, 0.1) is 12.5 Å². The quantitative estimate of drug-likeness (QED) is 0.582. The van der Waals surface area contributed by atoms with Crippen LogP contribution in [0.5, 0.6) is 0 Å². The van der Waals surface area contributed by atoms with Crippen LogP contribution in [0.1, 0.15) is 29.9 Å². The van der Waals surface area contributed by atoms with Crippen molar-refractivity contribution >= 4 is 5.97 Å². The first kappa shape index (κ1) is 8.04. The summed E-state index contributed by atoms with van der Waals surface area (Å²) in [5.74, 6) is 0.815. The Hall–Kier alpha value is -1.31. The molecule has 1 fully saturated rings. The van der Waals surface area contributed by atoms with E-state index in [-0.39, 0.29) is 11.9 Å². The molecule has 14 heavy (non-hydrogen) atoms. The Morgan fingerprint density at radius 3 is 2.79 bits per heavy atom. The molecule has 1 aromatic carbocycles. The summed E-state index contributed by atoms with van der Waals surface area (Å²) < 4.78 is 5.11. The summed E-state index contributed by atoms with van der Waals surface area (Å²) >= 11 is 0. The number of ether oxygens (including phenoxy) is 1. The van der Waals surface area contributed by atoms with Crippen molar-refractivity contribution in [2.75, 3.05) is 6.61 Å². The molecule has 0 N–H and O–H groups in total. The number of hydrogen-bond donors (Lipinski definition) is 0. The van der Waals surface area contributed by atoms with Gasteiger partial charge in [0, 0.05) is 5.92 Å². The van der Waals surface area contributed by atoms with Gasteiger partial charge in [-0.15, -0.1) is 0 Å². The fraction of sp³-hybridized carbons (Fsp3) is 0.417. The number of rotatable bonds is 0. The molecule has 1 saturated heterocycles. The van der Waals surface area contributed by atoms with Gasteiger partial charge in [0.15, 0.2) is 0 Å². The van der Waals surface area contributed by atoms with E-state index in [9.17, 15) is 4.79 Å². The van der Waals surface area contributed by atoms with E-state index in [0.717, 1.165) is 0 Å². The minimum absolute atomic E-state index is 0.0150. The summed E-state index contributed by atoms with van der Waals surface area (Å²) in [4.78, 5) is 11.5. The summed E-state index contributed by atoms with van der Waals surface area (Å²) in [6.45, 7) is 2.78. The predicted molar refractivity (Wildman–Crippen MR) is 52.0 cm³/mol. The molecular weight excluding hydrogens is 176 g/mol. The number of fused-ring (bicyclic) bond motifs is 3. The smallest absolute Gasteiger partial charge is 0.313 e. The van der Waals surface area contributed by atoms with Crippen LogP contribution >= 0.6 is 0 Å². The second-order valence-corrected chi connectivity index (χ2v) is 4.19. The Bertz CT molecular complexity index is 397. The van der Waals surface area contributed by atoms with E-state index in [4.69, 9.17) is 4.74 Å². The van der Waals surface area contributed by atoms with Gasteiger partial charge in [0.1, 0.15) is 0 Å². The Balaban J connectivity index is 2.17. The van der Waals surface area contributed by atoms with E-state index >= 15 is 0 Å². The van der Waals surface area contributed by atoms with Crippen molar-refractivity contribution in [3.8, 4) is 0 Å². The maximum absolute atomic E-state index is 11.5. The average Bonchev–Trinajstić information content (AvgIpc) is 2.70. The van der Waals surface area contributed by atoms with Crippen molar-refractivity contribution in [3.05, 3.63) is 35.4 Å². The first-order valence-electron chi connectivity index (χ1n) is 5.04. The molecule has 0 aromatic heterocycles. The van der Waals surface area contributed by atoms with Crippen molar-refractivity contribution in [3.63, 3.8) is 0 Å². The number of carbonyl (C=O) groups is 1. The zero-order valence-corrected chi connectivity index (χ0v) is 8.07. The highest BCUT2D eigenvalue weighted by molar-refractivity contribution is 5.82. The van der Waals surface area contributed by atoms with Crippen molar-refractivity contribution < 1.29 is 9.53 Å². The largest absolute Gasteiger partial charge is 0.465 e. The van der Waals surface area contributed by atoms with E-state index in [1.165, 1.54) is 11.1 Å². The number of carbonyl (C=O) groups excluding carboxylic acids is 1. The van der Waals surface area contributed by atoms with Crippen molar-refractivity contribution in [1.82, 2.24) is 0 Å². The fourth-order valence-corrected chi connectivity index (χ4v) is 2.77. The first-order chi connectivity index (χ1) is 6.79. The Labute approximate surface area is 82.9 Å². The molecular formula is C12H12O2. The summed E-state index contributed by atoms with van der Waals surface area (Å²) in [6.07, 6.45) is 0. The third-order valence-electron chi connectivity index (χ3n) is 3.56. The van der Waals surface area contributed by atoms with Crippen molar-refractivity contribution in [1.29, 1.82) is 0 Å². The van der Waals surface area contributed by atoms with Crippen LogP contribution < -0.4 is 0 Å². The molecule has 0 saturated carbocycles. The van der Waals surface area contributed by atoms with Gasteiger partial charge in [-0.3, -0.25) is 4.79 Å². The Kier molecular flexibility index (Phi) is 1.49. The number of cyclic esters (lactones) is 1. The fourth-order valence-electron chi connectivity index (χ4n) is 2.77. The van der Waals surface area contributed by atoms with E-state index in [2.05, 4.69) is 19.1 Å². The van der Waals surface area contributed by atoms with Gasteiger partial charge in [-0.05, 0) is 17.0 Å². The molecule has 1 aliphatic heterocycles. The van der Waals surface area contributed by atoms with E-state index in [1.54, 1.807) is 0 Å². The molecule has 3 unspecified atom stereocenters. The third kappa shape index (κ3) is 0.834. The molecule has 3 atom stereocenters. The average molecular weight is 188 g/mol. The zero-order valence-electron chi connectivity index (χ0n) is 8.07. The standard InChI is InChI=1S/C12H12O2/c1-7-8-4-2-3-5-9(8)11-10(7)6-14-12(11)13/h2-5,7,10-11H,6H2,1H3. The Morgan fingerprint density at radius 2 is 2.00 bits per heavy atom. The highest BCUT2D eigenvalue weighted by Gasteiger charge is 2.47. The molecule has 2 heteroatoms. The number of hydrogen-bond acceptors (Lipinski definition) is 2. The molecule has 1 aromatic rings. The van der Waals surface area contributed by atoms with Crippen LogP contribution in [0.15, 0.2) is 24.3 Å². The molecule has 1 aliphatic carbocycles. The van der Waals surface area contributed by atoms with Crippen LogP contribution in [0, 0.1) is 5.92 Å². The normalized spacial score (nSPS) is 33.8. The first-order valence-corrected chi connectivity index (χ1v) is 5.04. The van der Waals surface area contributed by atoms with E-state index in [0.29, 0.717) is 18.4 Å². The van der Waals surface area contributed by atoms with Gasteiger partial charge in [0.25, 0.3) is 0 Å². The molecule has 0 radical (unpaired) electrons. The second kappa shape index (κ2) is 2.59. The van der Waals surface area contributed by atoms with Crippen molar-refractivity contribution in [2.45, 2.75) is 18.8 Å². The molecule has 72 valence electrons. The lowest BCUT2D eigenvalue weighted by Crippen LogP contribution is -2.09. The summed E-state index contributed by atoms with van der Waals surface area (Å²) in [6, 6.07) is 8.23. The summed E-state index contributed by atoms with van der Waals surface area (Å²) in [5, 5.41) is 0. The maximum Gasteiger partial charge on any atom is 0.313 e. The van der Waals surface area contributed by atoms with E-state index in [1.807, 2.05) is 12.1 Å². The second-order valence-electron chi connectivity index (χ2n) is 4.19. The lowest BCUT2D eigenvalue weighted by molar-refractivity contribution is -0.139. The van der Waals surface area contributed by atoms with Crippen LogP contribution in [0.4, 0.5) is 0 Å². The monoisotopic (exact) mass is 188 g/mol. The minimum atomic E-state index is -0.0354. The van der Waals surface area contributed by atoms with Crippen LogP contribution in [-0.2, 0) is 9.53 Å². The lowest BCUT2D eigenvalue weighted by atomic mass is 9.91. The maximum atomic E-state index is 11.5. The molecule has 0 bridgehead atoms. The van der Waals surface area contributed by atoms with Crippen LogP contribution in [0.25, 0.3) is 0 Å². The van der Waals surface area contributed by atoms with Gasteiger partial charge in [0.2, 0.25) is 0 Å². The molecule has 2 nitrogen and oxygen atoms in total. The lowest BCUT2D eigenvalue weighted by Gasteiger charge is -2.10. The molecule has 0 amide bonds. The van der Waals surface area contributed by atoms with Gasteiger partial charge >= 0.3 is 5.97 Å². The molecule has 2 aliphatic rings. The van der Waals surface area contributed by atoms with E-state index < -0.39 is 0 Å². The number of benzene rings is 1. The SMILES string of the molecule is CC1c2ccccc2C2C(=O)OCC12. The zero-order chi connectivity index (χ0) is 9.71. The molecule has 0 spiro atoms. The van der Waals surface area contributed by atoms with Crippen molar-refractivity contribution in [2.24, 2.45) is 5.92 Å². The van der Waals surface area contributed by atoms with Crippen LogP contribution in [0.2, 0.25) is 0 Å². The van der Waals surface area contributed by atoms with Gasteiger partial charge in [-0.25, -0.2) is 0 Å². The minimum Gasteiger partial charge on any atom is -0.465 e. The highest BCUT2D eigenvalue weighted by Crippen LogP contribution is 2.49. The van der Waals surface area contributed by atoms with Gasteiger partial charge in [-0.1, -0.05) is 31.2 Å². The molecule has 1 heterocycles.